The van der Waals surface area contributed by atoms with Crippen LogP contribution in [0.5, 0.6) is 5.75 Å². The lowest BCUT2D eigenvalue weighted by molar-refractivity contribution is 0.0389. The van der Waals surface area contributed by atoms with Crippen LogP contribution in [-0.2, 0) is 17.1 Å². The van der Waals surface area contributed by atoms with E-state index in [1.54, 1.807) is 65.9 Å². The maximum Gasteiger partial charge on any atom is 0.323 e. The number of sulfonamides is 1. The largest absolute Gasteiger partial charge is 0.486 e. The number of para-hydroxylation sites is 2. The Morgan fingerprint density at radius 2 is 1.93 bits per heavy atom. The first-order valence-corrected chi connectivity index (χ1v) is 14.2. The van der Waals surface area contributed by atoms with Gasteiger partial charge in [-0.15, -0.1) is 0 Å². The smallest absolute Gasteiger partial charge is 0.323 e. The number of aryl methyl sites for hydroxylation is 1. The molecule has 0 unspecified atom stereocenters. The normalized spacial score (nSPS) is 18.4. The molecule has 13 heteroatoms. The van der Waals surface area contributed by atoms with Crippen LogP contribution in [0.25, 0.3) is 0 Å². The highest BCUT2D eigenvalue weighted by Gasteiger charge is 2.36. The lowest BCUT2D eigenvalue weighted by Gasteiger charge is -2.38. The first-order valence-electron chi connectivity index (χ1n) is 12.8. The van der Waals surface area contributed by atoms with Gasteiger partial charge < -0.3 is 29.9 Å². The summed E-state index contributed by atoms with van der Waals surface area (Å²) in [6.07, 6.45) is 2.11. The number of benzene rings is 2. The van der Waals surface area contributed by atoms with Crippen molar-refractivity contribution < 1.29 is 27.9 Å². The summed E-state index contributed by atoms with van der Waals surface area (Å²) in [6, 6.07) is 12.6. The summed E-state index contributed by atoms with van der Waals surface area (Å²) in [5, 5.41) is 15.3. The number of likely N-dealkylation sites (N-methyl/N-ethyl adjacent to an activating group) is 1. The summed E-state index contributed by atoms with van der Waals surface area (Å²) in [5.74, 6) is -0.604. The Kier molecular flexibility index (Phi) is 8.76. The summed E-state index contributed by atoms with van der Waals surface area (Å²) in [6.45, 7) is 3.48. The minimum absolute atomic E-state index is 0.0560. The molecule has 3 amide bonds. The molecule has 2 heterocycles. The zero-order valence-electron chi connectivity index (χ0n) is 22.8. The number of anilines is 2. The van der Waals surface area contributed by atoms with E-state index in [4.69, 9.17) is 4.74 Å². The number of nitrogens with zero attached hydrogens (tertiary/aromatic N) is 4. The number of aliphatic hydroxyl groups excluding tert-OH is 1. The molecule has 1 aromatic heterocycles. The van der Waals surface area contributed by atoms with Crippen LogP contribution in [0.4, 0.5) is 16.2 Å². The van der Waals surface area contributed by atoms with E-state index in [0.717, 1.165) is 4.31 Å². The van der Waals surface area contributed by atoms with Crippen LogP contribution < -0.4 is 15.4 Å². The van der Waals surface area contributed by atoms with Gasteiger partial charge in [0.15, 0.2) is 10.8 Å². The van der Waals surface area contributed by atoms with Crippen molar-refractivity contribution in [2.24, 2.45) is 13.0 Å². The average Bonchev–Trinajstić information content (AvgIpc) is 3.38. The number of carbonyl (C=O) groups excluding carboxylic acids is 2. The van der Waals surface area contributed by atoms with E-state index in [9.17, 15) is 23.1 Å². The van der Waals surface area contributed by atoms with Crippen LogP contribution in [0.3, 0.4) is 0 Å². The number of nitrogens with one attached hydrogen (secondary N) is 2. The van der Waals surface area contributed by atoms with E-state index < -0.39 is 28.2 Å². The van der Waals surface area contributed by atoms with Crippen molar-refractivity contribution in [3.8, 4) is 5.75 Å². The van der Waals surface area contributed by atoms with Crippen LogP contribution >= 0.6 is 0 Å². The molecular weight excluding hydrogens is 536 g/mol. The number of amides is 3. The zero-order valence-corrected chi connectivity index (χ0v) is 23.6. The van der Waals surface area contributed by atoms with Gasteiger partial charge >= 0.3 is 6.03 Å². The molecule has 0 fully saturated rings. The van der Waals surface area contributed by atoms with Gasteiger partial charge in [0.05, 0.1) is 36.8 Å². The molecule has 0 bridgehead atoms. The standard InChI is InChI=1S/C27H34N6O6S/c1-18-13-33(19(2)16-34)26(35)21-11-8-12-22(30-27(36)29-20-9-6-5-7-10-20)25(21)39-23(18)14-32(4)40(37,38)24-15-31(3)17-28-24/h5-12,15,17-19,23,34H,13-14,16H2,1-4H3,(H2,29,30,36)/t18-,19+,23-/m1/s1. The molecule has 4 rings (SSSR count). The van der Waals surface area contributed by atoms with Gasteiger partial charge in [0.2, 0.25) is 0 Å². The molecule has 1 aliphatic heterocycles. The molecule has 0 spiro atoms. The number of hydrogen-bond donors (Lipinski definition) is 3. The number of urea groups is 1. The maximum absolute atomic E-state index is 13.6. The SMILES string of the molecule is C[C@@H]1CN([C@@H](C)CO)C(=O)c2cccc(NC(=O)Nc3ccccc3)c2O[C@@H]1CN(C)S(=O)(=O)c1cn(C)cn1. The minimum Gasteiger partial charge on any atom is -0.486 e. The molecule has 0 radical (unpaired) electrons. The summed E-state index contributed by atoms with van der Waals surface area (Å²) in [4.78, 5) is 32.0. The molecule has 1 aliphatic rings. The highest BCUT2D eigenvalue weighted by atomic mass is 32.2. The van der Waals surface area contributed by atoms with Crippen molar-refractivity contribution in [1.29, 1.82) is 0 Å². The van der Waals surface area contributed by atoms with Crippen LogP contribution in [-0.4, -0.2) is 83.1 Å². The fourth-order valence-electron chi connectivity index (χ4n) is 4.40. The fourth-order valence-corrected chi connectivity index (χ4v) is 5.54. The van der Waals surface area contributed by atoms with Gasteiger partial charge in [-0.05, 0) is 31.2 Å². The van der Waals surface area contributed by atoms with E-state index >= 15 is 0 Å². The quantitative estimate of drug-likeness (QED) is 0.377. The van der Waals surface area contributed by atoms with Crippen molar-refractivity contribution in [1.82, 2.24) is 18.8 Å². The van der Waals surface area contributed by atoms with Crippen molar-refractivity contribution in [2.45, 2.75) is 31.0 Å². The second kappa shape index (κ2) is 12.1. The summed E-state index contributed by atoms with van der Waals surface area (Å²) in [5.41, 5.74) is 1.00. The van der Waals surface area contributed by atoms with Gasteiger partial charge in [0.25, 0.3) is 15.9 Å². The number of hydrogen-bond acceptors (Lipinski definition) is 7. The van der Waals surface area contributed by atoms with Gasteiger partial charge in [0.1, 0.15) is 6.10 Å². The second-order valence-corrected chi connectivity index (χ2v) is 11.9. The third-order valence-corrected chi connectivity index (χ3v) is 8.47. The molecule has 12 nitrogen and oxygen atoms in total. The summed E-state index contributed by atoms with van der Waals surface area (Å²) < 4.78 is 35.5. The summed E-state index contributed by atoms with van der Waals surface area (Å²) >= 11 is 0. The highest BCUT2D eigenvalue weighted by Crippen LogP contribution is 2.35. The van der Waals surface area contributed by atoms with Crippen LogP contribution in [0, 0.1) is 5.92 Å². The number of fused-ring (bicyclic) bond motifs is 1. The molecule has 0 saturated carbocycles. The van der Waals surface area contributed by atoms with Gasteiger partial charge in [0, 0.05) is 38.4 Å². The summed E-state index contributed by atoms with van der Waals surface area (Å²) in [7, 11) is -0.806. The third kappa shape index (κ3) is 6.27. The maximum atomic E-state index is 13.6. The van der Waals surface area contributed by atoms with Gasteiger partial charge in [-0.1, -0.05) is 31.2 Å². The Hall–Kier alpha value is -3.94. The predicted molar refractivity (Wildman–Crippen MR) is 150 cm³/mol. The van der Waals surface area contributed by atoms with Gasteiger partial charge in [-0.2, -0.15) is 4.31 Å². The Morgan fingerprint density at radius 1 is 1.20 bits per heavy atom. The Bertz CT molecular complexity index is 1460. The monoisotopic (exact) mass is 570 g/mol. The molecule has 3 atom stereocenters. The lowest BCUT2D eigenvalue weighted by Crippen LogP contribution is -2.50. The van der Waals surface area contributed by atoms with Crippen LogP contribution in [0.1, 0.15) is 24.2 Å². The minimum atomic E-state index is -3.93. The van der Waals surface area contributed by atoms with E-state index in [1.165, 1.54) is 19.6 Å². The Morgan fingerprint density at radius 3 is 2.58 bits per heavy atom. The molecule has 3 N–H and O–H groups in total. The van der Waals surface area contributed by atoms with Gasteiger partial charge in [-0.25, -0.2) is 18.2 Å². The fraction of sp³-hybridized carbons (Fsp3) is 0.370. The topological polar surface area (TPSA) is 146 Å². The van der Waals surface area contributed by atoms with Crippen molar-refractivity contribution in [3.63, 3.8) is 0 Å². The number of carbonyl (C=O) groups is 2. The van der Waals surface area contributed by atoms with E-state index in [2.05, 4.69) is 15.6 Å². The second-order valence-electron chi connectivity index (χ2n) is 9.91. The average molecular weight is 571 g/mol. The number of aliphatic hydroxyl groups is 1. The third-order valence-electron chi connectivity index (χ3n) is 6.76. The van der Waals surface area contributed by atoms with Crippen LogP contribution in [0.2, 0.25) is 0 Å². The van der Waals surface area contributed by atoms with Crippen molar-refractivity contribution in [2.75, 3.05) is 37.4 Å². The lowest BCUT2D eigenvalue weighted by atomic mass is 9.99. The predicted octanol–water partition coefficient (Wildman–Crippen LogP) is 2.60. The zero-order chi connectivity index (χ0) is 29.0. The molecular formula is C27H34N6O6S. The Labute approximate surface area is 233 Å². The number of ether oxygens (including phenoxy) is 1. The van der Waals surface area contributed by atoms with Crippen molar-refractivity contribution in [3.05, 3.63) is 66.6 Å². The van der Waals surface area contributed by atoms with E-state index in [0.29, 0.717) is 5.69 Å². The number of imidazole rings is 1. The molecule has 0 aliphatic carbocycles. The Balaban J connectivity index is 1.69. The molecule has 40 heavy (non-hydrogen) atoms. The number of aromatic nitrogens is 2. The van der Waals surface area contributed by atoms with Crippen molar-refractivity contribution >= 4 is 33.3 Å². The van der Waals surface area contributed by atoms with E-state index in [1.807, 2.05) is 13.0 Å². The number of rotatable bonds is 8. The van der Waals surface area contributed by atoms with Crippen LogP contribution in [0.15, 0.2) is 66.1 Å². The molecule has 0 saturated heterocycles. The highest BCUT2D eigenvalue weighted by molar-refractivity contribution is 7.89. The molecule has 3 aromatic rings. The van der Waals surface area contributed by atoms with Gasteiger partial charge in [-0.3, -0.25) is 4.79 Å². The first-order chi connectivity index (χ1) is 19.0. The first kappa shape index (κ1) is 29.1. The molecule has 2 aromatic carbocycles. The molecule has 214 valence electrons. The van der Waals surface area contributed by atoms with E-state index in [-0.39, 0.29) is 53.5 Å².